The molecule has 0 aromatic heterocycles. The fourth-order valence-electron chi connectivity index (χ4n) is 5.08. The minimum atomic E-state index is -4.21. The zero-order chi connectivity index (χ0) is 35.6. The maximum Gasteiger partial charge on any atom is 0.407 e. The van der Waals surface area contributed by atoms with Crippen molar-refractivity contribution in [2.45, 2.75) is 68.6 Å². The molecule has 1 amide bonds. The van der Waals surface area contributed by atoms with Crippen LogP contribution in [0.2, 0.25) is 0 Å². The van der Waals surface area contributed by atoms with E-state index in [1.54, 1.807) is 32.9 Å². The van der Waals surface area contributed by atoms with E-state index in [1.807, 2.05) is 13.8 Å². The molecule has 2 unspecified atom stereocenters. The fourth-order valence-corrected chi connectivity index (χ4v) is 7.67. The largest absolute Gasteiger partial charge is 0.454 e. The first-order valence-corrected chi connectivity index (χ1v) is 18.4. The maximum absolute atomic E-state index is 13.8. The third-order valence-corrected chi connectivity index (χ3v) is 10.4. The van der Waals surface area contributed by atoms with Gasteiger partial charge in [0.1, 0.15) is 16.2 Å². The van der Waals surface area contributed by atoms with Crippen LogP contribution in [0.1, 0.15) is 40.2 Å². The van der Waals surface area contributed by atoms with E-state index in [2.05, 4.69) is 5.32 Å². The van der Waals surface area contributed by atoms with Gasteiger partial charge in [-0.05, 0) is 75.1 Å². The van der Waals surface area contributed by atoms with Crippen LogP contribution < -0.4 is 28.4 Å². The summed E-state index contributed by atoms with van der Waals surface area (Å²) in [6.45, 7) is 8.47. The second kappa shape index (κ2) is 14.3. The van der Waals surface area contributed by atoms with Crippen molar-refractivity contribution in [1.82, 2.24) is 9.62 Å². The van der Waals surface area contributed by atoms with Crippen molar-refractivity contribution in [3.05, 3.63) is 66.2 Å². The van der Waals surface area contributed by atoms with Crippen molar-refractivity contribution < 1.29 is 54.6 Å². The van der Waals surface area contributed by atoms with Gasteiger partial charge in [-0.2, -0.15) is 12.7 Å². The van der Waals surface area contributed by atoms with Crippen LogP contribution in [-0.2, 0) is 31.3 Å². The number of sulfonamides is 1. The van der Waals surface area contributed by atoms with Crippen molar-refractivity contribution in [3.8, 4) is 28.7 Å². The molecule has 266 valence electrons. The molecule has 2 atom stereocenters. The van der Waals surface area contributed by atoms with Crippen LogP contribution in [0.15, 0.2) is 70.5 Å². The fraction of sp³-hybridized carbons (Fsp3) is 0.424. The summed E-state index contributed by atoms with van der Waals surface area (Å²) in [6, 6.07) is 13.5. The summed E-state index contributed by atoms with van der Waals surface area (Å²) in [5.41, 5.74) is -0.254. The number of amides is 1. The normalized spacial score (nSPS) is 15.3. The SMILES string of the molecule is CC(C)CN(CC(O)C(Cc1ccc(OS(=O)(=O)c2ccc3c(c2)OCO3)cc1)NC(=O)OC(C)(C)C)S(=O)(=O)c1ccc2c(c1)OCO2. The Morgan fingerprint density at radius 2 is 1.39 bits per heavy atom. The molecule has 5 rings (SSSR count). The van der Waals surface area contributed by atoms with Crippen molar-refractivity contribution in [2.24, 2.45) is 5.92 Å². The van der Waals surface area contributed by atoms with E-state index >= 15 is 0 Å². The molecule has 3 aromatic rings. The molecular weight excluding hydrogens is 680 g/mol. The number of benzene rings is 3. The molecule has 2 aliphatic heterocycles. The Labute approximate surface area is 286 Å². The first-order chi connectivity index (χ1) is 23.0. The van der Waals surface area contributed by atoms with Crippen LogP contribution >= 0.6 is 0 Å². The second-order valence-electron chi connectivity index (χ2n) is 13.0. The van der Waals surface area contributed by atoms with Crippen molar-refractivity contribution >= 4 is 26.2 Å². The van der Waals surface area contributed by atoms with Gasteiger partial charge >= 0.3 is 16.2 Å². The zero-order valence-electron chi connectivity index (χ0n) is 27.7. The highest BCUT2D eigenvalue weighted by Gasteiger charge is 2.33. The maximum atomic E-state index is 13.8. The van der Waals surface area contributed by atoms with Crippen molar-refractivity contribution in [1.29, 1.82) is 0 Å². The topological polar surface area (TPSA) is 176 Å². The summed E-state index contributed by atoms with van der Waals surface area (Å²) < 4.78 is 86.6. The molecule has 0 spiro atoms. The van der Waals surface area contributed by atoms with E-state index in [-0.39, 0.29) is 60.3 Å². The standard InChI is InChI=1S/C33H40N2O12S2/c1-21(2)17-35(48(38,39)24-10-12-28-30(15-24)44-19-42-28)18-27(36)26(34-32(37)46-33(3,4)5)14-22-6-8-23(9-7-22)47-49(40,41)25-11-13-29-31(16-25)45-20-43-29/h6-13,15-16,21,26-27,36H,14,17-20H2,1-5H3,(H,34,37). The highest BCUT2D eigenvalue weighted by atomic mass is 32.2. The number of nitrogens with one attached hydrogen (secondary N) is 1. The summed E-state index contributed by atoms with van der Waals surface area (Å²) >= 11 is 0. The highest BCUT2D eigenvalue weighted by molar-refractivity contribution is 7.89. The minimum Gasteiger partial charge on any atom is -0.454 e. The third kappa shape index (κ3) is 9.06. The zero-order valence-corrected chi connectivity index (χ0v) is 29.4. The lowest BCUT2D eigenvalue weighted by Gasteiger charge is -2.31. The third-order valence-electron chi connectivity index (χ3n) is 7.33. The number of carbonyl (C=O) groups excluding carboxylic acids is 1. The second-order valence-corrected chi connectivity index (χ2v) is 16.4. The molecule has 2 N–H and O–H groups in total. The van der Waals surface area contributed by atoms with Crippen LogP contribution in [0.25, 0.3) is 0 Å². The molecule has 0 saturated carbocycles. The number of rotatable bonds is 13. The van der Waals surface area contributed by atoms with Crippen LogP contribution in [0, 0.1) is 5.92 Å². The molecule has 49 heavy (non-hydrogen) atoms. The minimum absolute atomic E-state index is 0.00884. The molecule has 0 bridgehead atoms. The molecule has 2 heterocycles. The number of nitrogens with zero attached hydrogens (tertiary/aromatic N) is 1. The Bertz CT molecular complexity index is 1870. The van der Waals surface area contributed by atoms with Crippen LogP contribution in [0.3, 0.4) is 0 Å². The lowest BCUT2D eigenvalue weighted by Crippen LogP contribution is -2.51. The number of fused-ring (bicyclic) bond motifs is 2. The van der Waals surface area contributed by atoms with Gasteiger partial charge in [-0.15, -0.1) is 0 Å². The highest BCUT2D eigenvalue weighted by Crippen LogP contribution is 2.36. The number of carbonyl (C=O) groups is 1. The van der Waals surface area contributed by atoms with Crippen LogP contribution in [0.4, 0.5) is 4.79 Å². The lowest BCUT2D eigenvalue weighted by atomic mass is 10.0. The monoisotopic (exact) mass is 720 g/mol. The number of alkyl carbamates (subject to hydrolysis) is 1. The van der Waals surface area contributed by atoms with Gasteiger partial charge in [-0.25, -0.2) is 13.2 Å². The summed E-state index contributed by atoms with van der Waals surface area (Å²) in [7, 11) is -8.33. The molecule has 0 aliphatic carbocycles. The Hall–Kier alpha value is -4.25. The average molecular weight is 721 g/mol. The van der Waals surface area contributed by atoms with Crippen molar-refractivity contribution in [2.75, 3.05) is 26.7 Å². The predicted molar refractivity (Wildman–Crippen MR) is 176 cm³/mol. The summed E-state index contributed by atoms with van der Waals surface area (Å²) in [5, 5.41) is 14.2. The Balaban J connectivity index is 1.34. The Morgan fingerprint density at radius 1 is 0.837 bits per heavy atom. The van der Waals surface area contributed by atoms with E-state index in [4.69, 9.17) is 27.9 Å². The van der Waals surface area contributed by atoms with E-state index in [9.17, 15) is 26.7 Å². The van der Waals surface area contributed by atoms with Gasteiger partial charge in [0.05, 0.1) is 17.0 Å². The first kappa shape index (κ1) is 36.0. The van der Waals surface area contributed by atoms with Gasteiger partial charge in [0.15, 0.2) is 23.0 Å². The van der Waals surface area contributed by atoms with Gasteiger partial charge in [-0.3, -0.25) is 0 Å². The van der Waals surface area contributed by atoms with E-state index < -0.39 is 44.0 Å². The van der Waals surface area contributed by atoms with Gasteiger partial charge in [0, 0.05) is 25.2 Å². The van der Waals surface area contributed by atoms with Gasteiger partial charge in [-0.1, -0.05) is 26.0 Å². The Morgan fingerprint density at radius 3 is 1.96 bits per heavy atom. The van der Waals surface area contributed by atoms with E-state index in [0.29, 0.717) is 22.8 Å². The number of ether oxygens (including phenoxy) is 5. The first-order valence-electron chi connectivity index (χ1n) is 15.5. The molecular formula is C33H40N2O12S2. The molecule has 0 saturated heterocycles. The summed E-state index contributed by atoms with van der Waals surface area (Å²) in [4.78, 5) is 12.7. The van der Waals surface area contributed by atoms with Gasteiger partial charge in [0.25, 0.3) is 0 Å². The van der Waals surface area contributed by atoms with E-state index in [1.165, 1.54) is 52.8 Å². The molecule has 0 radical (unpaired) electrons. The predicted octanol–water partition coefficient (Wildman–Crippen LogP) is 4.06. The summed E-state index contributed by atoms with van der Waals surface area (Å²) in [5.74, 6) is 1.37. The van der Waals surface area contributed by atoms with Crippen LogP contribution in [-0.4, -0.2) is 76.8 Å². The average Bonchev–Trinajstić information content (AvgIpc) is 3.69. The van der Waals surface area contributed by atoms with E-state index in [0.717, 1.165) is 0 Å². The Kier molecular flexibility index (Phi) is 10.5. The van der Waals surface area contributed by atoms with Gasteiger partial charge < -0.3 is 38.3 Å². The smallest absolute Gasteiger partial charge is 0.407 e. The lowest BCUT2D eigenvalue weighted by molar-refractivity contribution is 0.0400. The molecule has 14 nitrogen and oxygen atoms in total. The molecule has 0 fully saturated rings. The molecule has 3 aromatic carbocycles. The van der Waals surface area contributed by atoms with Crippen LogP contribution in [0.5, 0.6) is 28.7 Å². The number of hydrogen-bond donors (Lipinski definition) is 2. The number of aliphatic hydroxyl groups excluding tert-OH is 1. The quantitative estimate of drug-likeness (QED) is 0.243. The molecule has 16 heteroatoms. The summed E-state index contributed by atoms with van der Waals surface area (Å²) in [6.07, 6.45) is -2.16. The molecule has 2 aliphatic rings. The van der Waals surface area contributed by atoms with Gasteiger partial charge in [0.2, 0.25) is 23.6 Å². The number of hydrogen-bond acceptors (Lipinski definition) is 12. The number of aliphatic hydroxyl groups is 1. The van der Waals surface area contributed by atoms with Crippen molar-refractivity contribution in [3.63, 3.8) is 0 Å².